The summed E-state index contributed by atoms with van der Waals surface area (Å²) < 4.78 is 4.51. The number of nitrogens with zero attached hydrogens (tertiary/aromatic N) is 2. The van der Waals surface area contributed by atoms with Gasteiger partial charge < -0.3 is 15.3 Å². The van der Waals surface area contributed by atoms with E-state index in [4.69, 9.17) is 15.3 Å². The van der Waals surface area contributed by atoms with Gasteiger partial charge in [-0.2, -0.15) is 0 Å². The van der Waals surface area contributed by atoms with Crippen LogP contribution in [-0.2, 0) is 7.05 Å². The highest BCUT2D eigenvalue weighted by atomic mass is 127. The van der Waals surface area contributed by atoms with Crippen LogP contribution in [0.2, 0.25) is 0 Å². The average molecular weight is 545 g/mol. The first-order valence-corrected chi connectivity index (χ1v) is 10.0. The highest BCUT2D eigenvalue weighted by Crippen LogP contribution is 2.35. The van der Waals surface area contributed by atoms with Gasteiger partial charge in [-0.05, 0) is 52.4 Å². The van der Waals surface area contributed by atoms with Crippen LogP contribution >= 0.6 is 50.3 Å². The predicted molar refractivity (Wildman–Crippen MR) is 114 cm³/mol. The summed E-state index contributed by atoms with van der Waals surface area (Å²) in [5.74, 6) is 0. The van der Waals surface area contributed by atoms with Crippen LogP contribution < -0.4 is 4.57 Å². The first-order chi connectivity index (χ1) is 12.4. The van der Waals surface area contributed by atoms with Crippen molar-refractivity contribution in [1.29, 1.82) is 0 Å². The predicted octanol–water partition coefficient (Wildman–Crippen LogP) is 5.46. The first kappa shape index (κ1) is 20.7. The van der Waals surface area contributed by atoms with Crippen LogP contribution in [0.3, 0.4) is 0 Å². The maximum absolute atomic E-state index is 8.25. The molecule has 0 aliphatic rings. The van der Waals surface area contributed by atoms with E-state index in [1.807, 2.05) is 6.07 Å². The largest absolute Gasteiger partial charge is 0.356 e. The van der Waals surface area contributed by atoms with E-state index in [1.165, 1.54) is 24.5 Å². The van der Waals surface area contributed by atoms with Gasteiger partial charge in [0.2, 0.25) is 0 Å². The van der Waals surface area contributed by atoms with Crippen molar-refractivity contribution in [2.24, 2.45) is 7.05 Å². The van der Waals surface area contributed by atoms with Gasteiger partial charge in [-0.25, -0.2) is 4.57 Å². The third kappa shape index (κ3) is 6.26. The summed E-state index contributed by atoms with van der Waals surface area (Å²) in [6.07, 6.45) is 4.36. The lowest BCUT2D eigenvalue weighted by Crippen LogP contribution is -2.27. The van der Waals surface area contributed by atoms with Crippen molar-refractivity contribution in [2.75, 3.05) is 0 Å². The Morgan fingerprint density at radius 3 is 2.35 bits per heavy atom. The van der Waals surface area contributed by atoms with E-state index in [1.54, 1.807) is 11.8 Å². The molecule has 5 nitrogen and oxygen atoms in total. The van der Waals surface area contributed by atoms with Crippen LogP contribution in [0.1, 0.15) is 0 Å². The van der Waals surface area contributed by atoms with Crippen LogP contribution in [-0.4, -0.2) is 5.09 Å². The average Bonchev–Trinajstić information content (AvgIpc) is 2.58. The Labute approximate surface area is 177 Å². The molecular weight excluding hydrogens is 531 g/mol. The molecule has 0 aliphatic carbocycles. The highest BCUT2D eigenvalue weighted by Gasteiger charge is 2.15. The Hall–Kier alpha value is -1.65. The van der Waals surface area contributed by atoms with Crippen molar-refractivity contribution >= 4 is 50.3 Å². The smallest absolute Gasteiger partial charge is 0.183 e. The molecule has 0 unspecified atom stereocenters. The van der Waals surface area contributed by atoms with E-state index < -0.39 is 5.09 Å². The van der Waals surface area contributed by atoms with Crippen LogP contribution in [0.25, 0.3) is 11.1 Å². The van der Waals surface area contributed by atoms with Gasteiger partial charge in [0.25, 0.3) is 0 Å². The second-order valence-electron chi connectivity index (χ2n) is 5.16. The standard InChI is InChI=1S/C18H14BrINS.NO3/c1-21-11-16(13-6-5-7-14(19)10-13)18(20)17(12-21)22-15-8-3-2-4-9-15;2-1(3)4/h2-12H,1H3;/q+1;-1. The molecule has 0 spiro atoms. The summed E-state index contributed by atoms with van der Waals surface area (Å²) in [5.41, 5.74) is 2.48. The van der Waals surface area contributed by atoms with Gasteiger partial charge >= 0.3 is 0 Å². The van der Waals surface area contributed by atoms with Crippen molar-refractivity contribution in [1.82, 2.24) is 0 Å². The number of rotatable bonds is 3. The molecule has 0 aliphatic heterocycles. The number of hydrogen-bond donors (Lipinski definition) is 0. The lowest BCUT2D eigenvalue weighted by Gasteiger charge is -2.08. The Morgan fingerprint density at radius 2 is 1.73 bits per heavy atom. The minimum Gasteiger partial charge on any atom is -0.356 e. The summed E-state index contributed by atoms with van der Waals surface area (Å²) in [4.78, 5) is 10.8. The van der Waals surface area contributed by atoms with Gasteiger partial charge in [0.1, 0.15) is 7.05 Å². The van der Waals surface area contributed by atoms with Gasteiger partial charge in [-0.15, -0.1) is 0 Å². The van der Waals surface area contributed by atoms with Gasteiger partial charge in [-0.3, -0.25) is 0 Å². The molecule has 1 heterocycles. The summed E-state index contributed by atoms with van der Waals surface area (Å²) in [6.45, 7) is 0. The molecule has 0 saturated heterocycles. The molecule has 3 rings (SSSR count). The molecule has 2 aromatic carbocycles. The number of aromatic nitrogens is 1. The van der Waals surface area contributed by atoms with Crippen molar-refractivity contribution in [3.63, 3.8) is 0 Å². The zero-order chi connectivity index (χ0) is 19.1. The lowest BCUT2D eigenvalue weighted by atomic mass is 10.1. The second-order valence-corrected chi connectivity index (χ2v) is 8.27. The van der Waals surface area contributed by atoms with Crippen LogP contribution in [0.15, 0.2) is 81.3 Å². The van der Waals surface area contributed by atoms with Gasteiger partial charge in [0, 0.05) is 12.9 Å². The molecule has 0 bridgehead atoms. The van der Waals surface area contributed by atoms with E-state index in [9.17, 15) is 0 Å². The third-order valence-electron chi connectivity index (χ3n) is 3.21. The molecule has 0 saturated carbocycles. The van der Waals surface area contributed by atoms with E-state index in [2.05, 4.69) is 111 Å². The van der Waals surface area contributed by atoms with Gasteiger partial charge in [-0.1, -0.05) is 58.0 Å². The molecular formula is C18H14BrIN2O3S. The van der Waals surface area contributed by atoms with E-state index in [-0.39, 0.29) is 0 Å². The molecule has 1 aromatic heterocycles. The fourth-order valence-corrected chi connectivity index (χ4v) is 4.50. The molecule has 3 aromatic rings. The number of aryl methyl sites for hydroxylation is 1. The highest BCUT2D eigenvalue weighted by molar-refractivity contribution is 14.1. The number of halogens is 2. The SMILES string of the molecule is C[n+]1cc(Sc2ccccc2)c(I)c(-c2cccc(Br)c2)c1.O=[N+]([O-])[O-]. The lowest BCUT2D eigenvalue weighted by molar-refractivity contribution is -0.673. The zero-order valence-electron chi connectivity index (χ0n) is 13.6. The third-order valence-corrected chi connectivity index (χ3v) is 6.27. The van der Waals surface area contributed by atoms with Crippen molar-refractivity contribution in [3.8, 4) is 11.1 Å². The Morgan fingerprint density at radius 1 is 1.08 bits per heavy atom. The first-order valence-electron chi connectivity index (χ1n) is 7.36. The topological polar surface area (TPSA) is 70.1 Å². The second kappa shape index (κ2) is 9.89. The Bertz CT molecular complexity index is 906. The summed E-state index contributed by atoms with van der Waals surface area (Å²) in [5, 5.41) is 14.8. The Kier molecular flexibility index (Phi) is 7.85. The maximum Gasteiger partial charge on any atom is 0.183 e. The molecule has 0 atom stereocenters. The van der Waals surface area contributed by atoms with Crippen molar-refractivity contribution in [2.45, 2.75) is 9.79 Å². The maximum atomic E-state index is 8.25. The summed E-state index contributed by atoms with van der Waals surface area (Å²) in [6, 6.07) is 18.9. The number of hydrogen-bond acceptors (Lipinski definition) is 4. The monoisotopic (exact) mass is 544 g/mol. The molecule has 0 fully saturated rings. The van der Waals surface area contributed by atoms with Crippen LogP contribution in [0, 0.1) is 18.9 Å². The molecule has 26 heavy (non-hydrogen) atoms. The fourth-order valence-electron chi connectivity index (χ4n) is 2.22. The zero-order valence-corrected chi connectivity index (χ0v) is 18.2. The fraction of sp³-hybridized carbons (Fsp3) is 0.0556. The van der Waals surface area contributed by atoms with Crippen LogP contribution in [0.5, 0.6) is 0 Å². The van der Waals surface area contributed by atoms with Crippen molar-refractivity contribution in [3.05, 3.63) is 90.4 Å². The van der Waals surface area contributed by atoms with Gasteiger partial charge in [0.05, 0.1) is 15.5 Å². The molecule has 0 amide bonds. The van der Waals surface area contributed by atoms with Gasteiger partial charge in [0.15, 0.2) is 12.4 Å². The number of benzene rings is 2. The minimum atomic E-state index is -1.75. The molecule has 0 radical (unpaired) electrons. The normalized spacial score (nSPS) is 9.96. The van der Waals surface area contributed by atoms with Crippen molar-refractivity contribution < 1.29 is 9.65 Å². The molecule has 134 valence electrons. The molecule has 8 heteroatoms. The molecule has 0 N–H and O–H groups in total. The van der Waals surface area contributed by atoms with E-state index in [0.717, 1.165) is 4.47 Å². The summed E-state index contributed by atoms with van der Waals surface area (Å²) in [7, 11) is 2.08. The number of pyridine rings is 1. The quantitative estimate of drug-likeness (QED) is 0.190. The summed E-state index contributed by atoms with van der Waals surface area (Å²) >= 11 is 7.81. The minimum absolute atomic E-state index is 1.10. The Balaban J connectivity index is 0.000000552. The van der Waals surface area contributed by atoms with E-state index >= 15 is 0 Å². The van der Waals surface area contributed by atoms with E-state index in [0.29, 0.717) is 0 Å². The van der Waals surface area contributed by atoms with Crippen LogP contribution in [0.4, 0.5) is 0 Å².